The van der Waals surface area contributed by atoms with Gasteiger partial charge in [0.25, 0.3) is 0 Å². The minimum Gasteiger partial charge on any atom is -0.497 e. The van der Waals surface area contributed by atoms with Gasteiger partial charge in [0.1, 0.15) is 17.3 Å². The second-order valence-electron chi connectivity index (χ2n) is 8.73. The zero-order chi connectivity index (χ0) is 24.2. The molecule has 1 aliphatic rings. The molecule has 5 rings (SSSR count). The van der Waals surface area contributed by atoms with Crippen LogP contribution in [0.2, 0.25) is 0 Å². The molecule has 1 aromatic heterocycles. The fourth-order valence-corrected chi connectivity index (χ4v) is 5.06. The molecule has 1 fully saturated rings. The van der Waals surface area contributed by atoms with Crippen LogP contribution in [0.5, 0.6) is 11.5 Å². The van der Waals surface area contributed by atoms with Gasteiger partial charge < -0.3 is 18.9 Å². The van der Waals surface area contributed by atoms with Crippen LogP contribution in [0.1, 0.15) is 31.0 Å². The quantitative estimate of drug-likeness (QED) is 0.241. The van der Waals surface area contributed by atoms with Crippen LogP contribution in [0.3, 0.4) is 0 Å². The number of hydrogen-bond acceptors (Lipinski definition) is 4. The number of hydrogen-bond donors (Lipinski definition) is 0. The number of imidazole rings is 1. The van der Waals surface area contributed by atoms with Crippen LogP contribution in [0, 0.1) is 0 Å². The predicted octanol–water partition coefficient (Wildman–Crippen LogP) is 6.19. The molecule has 0 N–H and O–H groups in total. The highest BCUT2D eigenvalue weighted by Gasteiger charge is 2.34. The number of amides is 1. The van der Waals surface area contributed by atoms with Gasteiger partial charge in [0.05, 0.1) is 24.8 Å². The van der Waals surface area contributed by atoms with Gasteiger partial charge in [0.2, 0.25) is 5.91 Å². The Morgan fingerprint density at radius 1 is 1.00 bits per heavy atom. The van der Waals surface area contributed by atoms with E-state index in [0.29, 0.717) is 19.6 Å². The summed E-state index contributed by atoms with van der Waals surface area (Å²) in [4.78, 5) is 19.8. The molecule has 180 valence electrons. The van der Waals surface area contributed by atoms with Gasteiger partial charge in [-0.15, -0.1) is 0 Å². The zero-order valence-corrected chi connectivity index (χ0v) is 21.3. The second kappa shape index (κ2) is 10.5. The first-order valence-electron chi connectivity index (χ1n) is 11.9. The molecule has 4 aromatic rings. The lowest BCUT2D eigenvalue weighted by Crippen LogP contribution is -2.24. The number of aryl methyl sites for hydroxylation is 1. The Hall–Kier alpha value is -3.32. The van der Waals surface area contributed by atoms with Crippen molar-refractivity contribution >= 4 is 38.6 Å². The first-order valence-corrected chi connectivity index (χ1v) is 12.7. The highest BCUT2D eigenvalue weighted by atomic mass is 79.9. The summed E-state index contributed by atoms with van der Waals surface area (Å²) in [7, 11) is 1.65. The van der Waals surface area contributed by atoms with Gasteiger partial charge in [-0.05, 0) is 55.3 Å². The van der Waals surface area contributed by atoms with Gasteiger partial charge in [0, 0.05) is 41.7 Å². The fraction of sp³-hybridized carbons (Fsp3) is 0.286. The molecular weight excluding hydrogens is 506 g/mol. The summed E-state index contributed by atoms with van der Waals surface area (Å²) in [6.07, 6.45) is 2.33. The first-order chi connectivity index (χ1) is 17.1. The molecule has 6 nitrogen and oxygen atoms in total. The van der Waals surface area contributed by atoms with E-state index in [1.165, 1.54) is 0 Å². The third kappa shape index (κ3) is 5.20. The second-order valence-corrected chi connectivity index (χ2v) is 9.65. The third-order valence-electron chi connectivity index (χ3n) is 6.38. The number of halogens is 1. The van der Waals surface area contributed by atoms with E-state index in [4.69, 9.17) is 14.5 Å². The minimum atomic E-state index is 0.0573. The number of rotatable bonds is 9. The number of aromatic nitrogens is 2. The molecular formula is C28H28BrN3O3. The van der Waals surface area contributed by atoms with Crippen molar-refractivity contribution in [2.45, 2.75) is 31.7 Å². The number of ether oxygens (including phenoxy) is 2. The van der Waals surface area contributed by atoms with Crippen LogP contribution in [-0.4, -0.2) is 35.7 Å². The van der Waals surface area contributed by atoms with Crippen LogP contribution in [0.4, 0.5) is 5.69 Å². The number of carbonyl (C=O) groups is 1. The molecule has 1 aliphatic heterocycles. The van der Waals surface area contributed by atoms with Crippen molar-refractivity contribution in [3.8, 4) is 11.5 Å². The Bertz CT molecular complexity index is 1340. The molecule has 1 amide bonds. The van der Waals surface area contributed by atoms with Crippen LogP contribution >= 0.6 is 15.9 Å². The van der Waals surface area contributed by atoms with Crippen LogP contribution in [-0.2, 0) is 11.3 Å². The van der Waals surface area contributed by atoms with Crippen LogP contribution < -0.4 is 14.4 Å². The van der Waals surface area contributed by atoms with E-state index in [1.807, 2.05) is 71.6 Å². The molecule has 7 heteroatoms. The average Bonchev–Trinajstić information content (AvgIpc) is 3.44. The summed E-state index contributed by atoms with van der Waals surface area (Å²) in [6, 6.07) is 23.8. The zero-order valence-electron chi connectivity index (χ0n) is 19.7. The molecule has 0 bridgehead atoms. The molecule has 3 aromatic carbocycles. The molecule has 35 heavy (non-hydrogen) atoms. The van der Waals surface area contributed by atoms with E-state index in [-0.39, 0.29) is 11.8 Å². The molecule has 0 saturated carbocycles. The maximum atomic E-state index is 12.9. The molecule has 0 radical (unpaired) electrons. The van der Waals surface area contributed by atoms with E-state index >= 15 is 0 Å². The SMILES string of the molecule is COc1cccc(OCCCCn2c(C3CC(=O)N(c4cccc(Br)c4)C3)nc3ccccc32)c1. The predicted molar refractivity (Wildman–Crippen MR) is 141 cm³/mol. The Labute approximate surface area is 213 Å². The maximum absolute atomic E-state index is 12.9. The van der Waals surface area contributed by atoms with Crippen molar-refractivity contribution in [1.82, 2.24) is 9.55 Å². The van der Waals surface area contributed by atoms with E-state index in [0.717, 1.165) is 57.9 Å². The molecule has 1 unspecified atom stereocenters. The van der Waals surface area contributed by atoms with Crippen molar-refractivity contribution in [1.29, 1.82) is 0 Å². The summed E-state index contributed by atoms with van der Waals surface area (Å²) >= 11 is 3.52. The minimum absolute atomic E-state index is 0.0573. The van der Waals surface area contributed by atoms with Gasteiger partial charge in [-0.2, -0.15) is 0 Å². The van der Waals surface area contributed by atoms with E-state index in [2.05, 4.69) is 26.6 Å². The third-order valence-corrected chi connectivity index (χ3v) is 6.87. The Morgan fingerprint density at radius 3 is 2.69 bits per heavy atom. The Balaban J connectivity index is 1.28. The summed E-state index contributed by atoms with van der Waals surface area (Å²) < 4.78 is 14.4. The van der Waals surface area contributed by atoms with Gasteiger partial charge in [0.15, 0.2) is 0 Å². The lowest BCUT2D eigenvalue weighted by molar-refractivity contribution is -0.117. The number of methoxy groups -OCH3 is 1. The van der Waals surface area contributed by atoms with Gasteiger partial charge >= 0.3 is 0 Å². The summed E-state index contributed by atoms with van der Waals surface area (Å²) in [5.41, 5.74) is 3.01. The van der Waals surface area contributed by atoms with Gasteiger partial charge in [-0.25, -0.2) is 4.98 Å². The number of unbranched alkanes of at least 4 members (excludes halogenated alkanes) is 1. The number of carbonyl (C=O) groups excluding carboxylic acids is 1. The number of fused-ring (bicyclic) bond motifs is 1. The maximum Gasteiger partial charge on any atom is 0.227 e. The summed E-state index contributed by atoms with van der Waals surface area (Å²) in [5, 5.41) is 0. The smallest absolute Gasteiger partial charge is 0.227 e. The molecule has 0 aliphatic carbocycles. The summed E-state index contributed by atoms with van der Waals surface area (Å²) in [6.45, 7) is 2.10. The highest BCUT2D eigenvalue weighted by molar-refractivity contribution is 9.10. The first kappa shape index (κ1) is 23.4. The standard InChI is InChI=1S/C28H28BrN3O3/c1-34-23-10-7-11-24(18-23)35-15-5-4-14-31-26-13-3-2-12-25(26)30-28(31)20-16-27(33)32(19-20)22-9-6-8-21(29)17-22/h2-3,6-13,17-18,20H,4-5,14-16,19H2,1H3. The fourth-order valence-electron chi connectivity index (χ4n) is 4.67. The number of benzene rings is 3. The molecule has 1 atom stereocenters. The van der Waals surface area contributed by atoms with Crippen molar-refractivity contribution in [3.63, 3.8) is 0 Å². The number of para-hydroxylation sites is 2. The van der Waals surface area contributed by atoms with E-state index in [1.54, 1.807) is 7.11 Å². The monoisotopic (exact) mass is 533 g/mol. The van der Waals surface area contributed by atoms with Crippen LogP contribution in [0.15, 0.2) is 77.3 Å². The lowest BCUT2D eigenvalue weighted by Gasteiger charge is -2.18. The van der Waals surface area contributed by atoms with Crippen molar-refractivity contribution in [3.05, 3.63) is 83.1 Å². The van der Waals surface area contributed by atoms with Crippen molar-refractivity contribution < 1.29 is 14.3 Å². The van der Waals surface area contributed by atoms with Crippen molar-refractivity contribution in [2.24, 2.45) is 0 Å². The van der Waals surface area contributed by atoms with Crippen molar-refractivity contribution in [2.75, 3.05) is 25.2 Å². The molecule has 0 spiro atoms. The summed E-state index contributed by atoms with van der Waals surface area (Å²) in [5.74, 6) is 2.79. The Kier molecular flexibility index (Phi) is 7.04. The topological polar surface area (TPSA) is 56.6 Å². The largest absolute Gasteiger partial charge is 0.497 e. The van der Waals surface area contributed by atoms with Gasteiger partial charge in [-0.1, -0.05) is 40.2 Å². The normalized spacial score (nSPS) is 15.7. The highest BCUT2D eigenvalue weighted by Crippen LogP contribution is 2.34. The average molecular weight is 534 g/mol. The van der Waals surface area contributed by atoms with E-state index in [9.17, 15) is 4.79 Å². The van der Waals surface area contributed by atoms with Crippen LogP contribution in [0.25, 0.3) is 11.0 Å². The van der Waals surface area contributed by atoms with Gasteiger partial charge in [-0.3, -0.25) is 4.79 Å². The molecule has 1 saturated heterocycles. The lowest BCUT2D eigenvalue weighted by atomic mass is 10.1. The molecule has 2 heterocycles. The number of nitrogens with zero attached hydrogens (tertiary/aromatic N) is 3. The Morgan fingerprint density at radius 2 is 1.83 bits per heavy atom. The number of anilines is 1. The van der Waals surface area contributed by atoms with E-state index < -0.39 is 0 Å².